The molecule has 20 heavy (non-hydrogen) atoms. The Morgan fingerprint density at radius 3 is 2.75 bits per heavy atom. The zero-order chi connectivity index (χ0) is 14.2. The van der Waals surface area contributed by atoms with Gasteiger partial charge in [-0.2, -0.15) is 0 Å². The van der Waals surface area contributed by atoms with E-state index in [1.54, 1.807) is 12.1 Å². The lowest BCUT2D eigenvalue weighted by Crippen LogP contribution is -2.35. The summed E-state index contributed by atoms with van der Waals surface area (Å²) in [4.78, 5) is 0. The van der Waals surface area contributed by atoms with Gasteiger partial charge in [0.15, 0.2) is 0 Å². The molecule has 1 fully saturated rings. The molecule has 1 aromatic rings. The highest BCUT2D eigenvalue weighted by Crippen LogP contribution is 2.22. The molecule has 0 saturated carbocycles. The summed E-state index contributed by atoms with van der Waals surface area (Å²) in [5, 5.41) is 3.58. The molecule has 112 valence electrons. The fraction of sp³-hybridized carbons (Fsp3) is 0.647. The van der Waals surface area contributed by atoms with Gasteiger partial charge in [0.05, 0.1) is 0 Å². The summed E-state index contributed by atoms with van der Waals surface area (Å²) in [5.41, 5.74) is 0.827. The molecule has 1 aliphatic heterocycles. The van der Waals surface area contributed by atoms with E-state index in [-0.39, 0.29) is 5.82 Å². The molecule has 1 aliphatic rings. The Morgan fingerprint density at radius 1 is 1.30 bits per heavy atom. The van der Waals surface area contributed by atoms with Crippen molar-refractivity contribution in [1.29, 1.82) is 0 Å². The van der Waals surface area contributed by atoms with Crippen LogP contribution in [0.1, 0.15) is 38.2 Å². The molecule has 0 amide bonds. The molecular weight excluding hydrogens is 253 g/mol. The number of halogens is 1. The van der Waals surface area contributed by atoms with Crippen molar-refractivity contribution in [1.82, 2.24) is 5.32 Å². The molecule has 2 rings (SSSR count). The third-order valence-corrected chi connectivity index (χ3v) is 4.07. The van der Waals surface area contributed by atoms with Crippen molar-refractivity contribution in [3.05, 3.63) is 35.6 Å². The van der Waals surface area contributed by atoms with Gasteiger partial charge in [-0.3, -0.25) is 0 Å². The Bertz CT molecular complexity index is 390. The third kappa shape index (κ3) is 4.88. The normalized spacial score (nSPS) is 18.1. The van der Waals surface area contributed by atoms with Crippen LogP contribution < -0.4 is 5.32 Å². The third-order valence-electron chi connectivity index (χ3n) is 4.07. The first-order valence-corrected chi connectivity index (χ1v) is 7.84. The Hall–Kier alpha value is -0.930. The van der Waals surface area contributed by atoms with Crippen LogP contribution in [0.3, 0.4) is 0 Å². The Balaban J connectivity index is 1.93. The zero-order valence-corrected chi connectivity index (χ0v) is 12.4. The number of benzene rings is 1. The summed E-state index contributed by atoms with van der Waals surface area (Å²) in [7, 11) is 0. The van der Waals surface area contributed by atoms with Crippen molar-refractivity contribution in [2.45, 2.75) is 45.1 Å². The van der Waals surface area contributed by atoms with Crippen LogP contribution in [0.15, 0.2) is 24.3 Å². The van der Waals surface area contributed by atoms with E-state index in [9.17, 15) is 4.39 Å². The Kier molecular flexibility index (Phi) is 6.48. The lowest BCUT2D eigenvalue weighted by molar-refractivity contribution is 0.0605. The van der Waals surface area contributed by atoms with Crippen LogP contribution in [-0.2, 0) is 11.2 Å². The molecule has 1 aromatic carbocycles. The Labute approximate surface area is 121 Å². The van der Waals surface area contributed by atoms with Crippen molar-refractivity contribution < 1.29 is 9.13 Å². The van der Waals surface area contributed by atoms with Crippen LogP contribution in [-0.4, -0.2) is 25.8 Å². The summed E-state index contributed by atoms with van der Waals surface area (Å²) in [6, 6.07) is 7.51. The maximum Gasteiger partial charge on any atom is 0.126 e. The molecule has 1 heterocycles. The minimum absolute atomic E-state index is 0.0808. The van der Waals surface area contributed by atoms with Gasteiger partial charge in [-0.15, -0.1) is 0 Å². The van der Waals surface area contributed by atoms with E-state index in [1.165, 1.54) is 0 Å². The maximum absolute atomic E-state index is 13.8. The van der Waals surface area contributed by atoms with E-state index in [2.05, 4.69) is 12.2 Å². The van der Waals surface area contributed by atoms with Gasteiger partial charge in [0.1, 0.15) is 5.82 Å². The summed E-state index contributed by atoms with van der Waals surface area (Å²) >= 11 is 0. The molecular formula is C17H26FNO. The van der Waals surface area contributed by atoms with Crippen LogP contribution >= 0.6 is 0 Å². The first-order chi connectivity index (χ1) is 9.79. The van der Waals surface area contributed by atoms with E-state index in [0.717, 1.165) is 57.4 Å². The quantitative estimate of drug-likeness (QED) is 0.824. The molecule has 1 saturated heterocycles. The number of nitrogens with one attached hydrogen (secondary N) is 1. The average Bonchev–Trinajstić information content (AvgIpc) is 2.48. The van der Waals surface area contributed by atoms with E-state index < -0.39 is 0 Å². The average molecular weight is 279 g/mol. The molecule has 1 unspecified atom stereocenters. The van der Waals surface area contributed by atoms with Gasteiger partial charge >= 0.3 is 0 Å². The van der Waals surface area contributed by atoms with Crippen molar-refractivity contribution in [3.63, 3.8) is 0 Å². The number of hydrogen-bond acceptors (Lipinski definition) is 2. The van der Waals surface area contributed by atoms with Gasteiger partial charge in [-0.05, 0) is 56.2 Å². The second-order valence-corrected chi connectivity index (χ2v) is 5.74. The van der Waals surface area contributed by atoms with E-state index in [4.69, 9.17) is 4.74 Å². The van der Waals surface area contributed by atoms with Gasteiger partial charge in [0.25, 0.3) is 0 Å². The molecule has 0 radical (unpaired) electrons. The lowest BCUT2D eigenvalue weighted by Gasteiger charge is -2.27. The predicted octanol–water partition coefficient (Wildman–Crippen LogP) is 3.55. The summed E-state index contributed by atoms with van der Waals surface area (Å²) < 4.78 is 19.2. The van der Waals surface area contributed by atoms with E-state index in [0.29, 0.717) is 12.0 Å². The van der Waals surface area contributed by atoms with Gasteiger partial charge in [-0.1, -0.05) is 25.1 Å². The van der Waals surface area contributed by atoms with Crippen LogP contribution in [0.2, 0.25) is 0 Å². The van der Waals surface area contributed by atoms with Crippen molar-refractivity contribution >= 4 is 0 Å². The first kappa shape index (κ1) is 15.5. The monoisotopic (exact) mass is 279 g/mol. The minimum Gasteiger partial charge on any atom is -0.381 e. The van der Waals surface area contributed by atoms with Gasteiger partial charge < -0.3 is 10.1 Å². The van der Waals surface area contributed by atoms with Crippen molar-refractivity contribution in [2.24, 2.45) is 5.92 Å². The van der Waals surface area contributed by atoms with Crippen LogP contribution in [0.25, 0.3) is 0 Å². The second-order valence-electron chi connectivity index (χ2n) is 5.74. The number of hydrogen-bond donors (Lipinski definition) is 1. The highest BCUT2D eigenvalue weighted by molar-refractivity contribution is 5.18. The summed E-state index contributed by atoms with van der Waals surface area (Å²) in [5.74, 6) is 0.632. The summed E-state index contributed by atoms with van der Waals surface area (Å²) in [6.07, 6.45) is 5.30. The van der Waals surface area contributed by atoms with Crippen molar-refractivity contribution in [2.75, 3.05) is 19.8 Å². The van der Waals surface area contributed by atoms with Crippen LogP contribution in [0.4, 0.5) is 4.39 Å². The zero-order valence-electron chi connectivity index (χ0n) is 12.4. The fourth-order valence-corrected chi connectivity index (χ4v) is 2.90. The molecule has 0 spiro atoms. The first-order valence-electron chi connectivity index (χ1n) is 7.84. The molecule has 0 bridgehead atoms. The lowest BCUT2D eigenvalue weighted by atomic mass is 9.89. The molecule has 3 heteroatoms. The molecule has 1 N–H and O–H groups in total. The minimum atomic E-state index is -0.0808. The SMILES string of the molecule is CCCNC(Cc1ccccc1F)CC1CCOCC1. The standard InChI is InChI=1S/C17H26FNO/c1-2-9-19-16(12-14-7-10-20-11-8-14)13-15-5-3-4-6-17(15)18/h3-6,14,16,19H,2,7-13H2,1H3. The van der Waals surface area contributed by atoms with Gasteiger partial charge in [0, 0.05) is 19.3 Å². The van der Waals surface area contributed by atoms with E-state index >= 15 is 0 Å². The topological polar surface area (TPSA) is 21.3 Å². The summed E-state index contributed by atoms with van der Waals surface area (Å²) in [6.45, 7) is 4.93. The molecule has 0 aromatic heterocycles. The predicted molar refractivity (Wildman–Crippen MR) is 80.3 cm³/mol. The molecule has 2 nitrogen and oxygen atoms in total. The highest BCUT2D eigenvalue weighted by atomic mass is 19.1. The second kappa shape index (κ2) is 8.38. The smallest absolute Gasteiger partial charge is 0.126 e. The van der Waals surface area contributed by atoms with Gasteiger partial charge in [0.2, 0.25) is 0 Å². The maximum atomic E-state index is 13.8. The number of rotatable bonds is 7. The fourth-order valence-electron chi connectivity index (χ4n) is 2.90. The van der Waals surface area contributed by atoms with Gasteiger partial charge in [-0.25, -0.2) is 4.39 Å². The van der Waals surface area contributed by atoms with E-state index in [1.807, 2.05) is 12.1 Å². The van der Waals surface area contributed by atoms with Crippen LogP contribution in [0.5, 0.6) is 0 Å². The number of ether oxygens (including phenoxy) is 1. The van der Waals surface area contributed by atoms with Crippen molar-refractivity contribution in [3.8, 4) is 0 Å². The largest absolute Gasteiger partial charge is 0.381 e. The highest BCUT2D eigenvalue weighted by Gasteiger charge is 2.20. The molecule has 0 aliphatic carbocycles. The molecule has 1 atom stereocenters. The van der Waals surface area contributed by atoms with Crippen LogP contribution in [0, 0.1) is 11.7 Å². The Morgan fingerprint density at radius 2 is 2.05 bits per heavy atom.